The Morgan fingerprint density at radius 2 is 1.78 bits per heavy atom. The summed E-state index contributed by atoms with van der Waals surface area (Å²) in [6, 6.07) is 21.7. The summed E-state index contributed by atoms with van der Waals surface area (Å²) in [7, 11) is 0. The molecule has 0 aromatic heterocycles. The predicted molar refractivity (Wildman–Crippen MR) is 106 cm³/mol. The molecule has 3 aromatic carbocycles. The van der Waals surface area contributed by atoms with Crippen LogP contribution in [0.3, 0.4) is 0 Å². The first-order valence-electron chi connectivity index (χ1n) is 9.00. The molecule has 5 heteroatoms. The second-order valence-electron chi connectivity index (χ2n) is 7.25. The maximum atomic E-state index is 11.3. The predicted octanol–water partition coefficient (Wildman–Crippen LogP) is 5.72. The molecular formula is C22H17ClN2O2. The average Bonchev–Trinajstić information content (AvgIpc) is 3.07. The van der Waals surface area contributed by atoms with Gasteiger partial charge in [0, 0.05) is 28.8 Å². The van der Waals surface area contributed by atoms with Crippen LogP contribution in [-0.2, 0) is 6.42 Å². The second kappa shape index (κ2) is 6.10. The molecule has 27 heavy (non-hydrogen) atoms. The fourth-order valence-electron chi connectivity index (χ4n) is 4.66. The van der Waals surface area contributed by atoms with Crippen molar-refractivity contribution in [3.63, 3.8) is 0 Å². The summed E-state index contributed by atoms with van der Waals surface area (Å²) in [6.45, 7) is 0. The number of fused-ring (bicyclic) bond motifs is 5. The van der Waals surface area contributed by atoms with Gasteiger partial charge < -0.3 is 5.32 Å². The van der Waals surface area contributed by atoms with E-state index in [1.54, 1.807) is 12.1 Å². The van der Waals surface area contributed by atoms with Crippen molar-refractivity contribution in [2.45, 2.75) is 18.4 Å². The lowest BCUT2D eigenvalue weighted by Crippen LogP contribution is -2.30. The minimum Gasteiger partial charge on any atom is -0.378 e. The number of anilines is 1. The SMILES string of the molecule is O=[N+]([O-])c1ccc2c(c1)[C@@H]1c3ccccc3C[C@H]1[C@H](c1ccc(Cl)cc1)N2. The summed E-state index contributed by atoms with van der Waals surface area (Å²) in [4.78, 5) is 11.0. The highest BCUT2D eigenvalue weighted by molar-refractivity contribution is 6.30. The molecule has 2 aliphatic rings. The summed E-state index contributed by atoms with van der Waals surface area (Å²) >= 11 is 6.08. The van der Waals surface area contributed by atoms with Gasteiger partial charge >= 0.3 is 0 Å². The molecule has 134 valence electrons. The molecule has 0 saturated heterocycles. The standard InChI is InChI=1S/C22H17ClN2O2/c23-15-7-5-13(6-8-15)22-19-11-14-3-1-2-4-17(14)21(19)18-12-16(25(26)27)9-10-20(18)24-22/h1-10,12,19,21-22,24H,11H2/t19-,21+,22+/m1/s1. The maximum Gasteiger partial charge on any atom is 0.269 e. The van der Waals surface area contributed by atoms with E-state index in [0.29, 0.717) is 5.92 Å². The zero-order valence-corrected chi connectivity index (χ0v) is 15.2. The van der Waals surface area contributed by atoms with Gasteiger partial charge in [-0.1, -0.05) is 48.0 Å². The first kappa shape index (κ1) is 16.3. The largest absolute Gasteiger partial charge is 0.378 e. The number of benzene rings is 3. The van der Waals surface area contributed by atoms with Crippen LogP contribution in [0, 0.1) is 16.0 Å². The topological polar surface area (TPSA) is 55.2 Å². The van der Waals surface area contributed by atoms with Gasteiger partial charge in [0.15, 0.2) is 0 Å². The molecule has 0 saturated carbocycles. The van der Waals surface area contributed by atoms with Gasteiger partial charge in [0.1, 0.15) is 0 Å². The van der Waals surface area contributed by atoms with Crippen LogP contribution in [0.5, 0.6) is 0 Å². The summed E-state index contributed by atoms with van der Waals surface area (Å²) in [5.74, 6) is 0.455. The highest BCUT2D eigenvalue weighted by Gasteiger charge is 2.43. The summed E-state index contributed by atoms with van der Waals surface area (Å²) in [5.41, 5.74) is 5.93. The van der Waals surface area contributed by atoms with Gasteiger partial charge in [-0.3, -0.25) is 10.1 Å². The van der Waals surface area contributed by atoms with Crippen molar-refractivity contribution in [2.24, 2.45) is 5.92 Å². The molecule has 0 radical (unpaired) electrons. The Kier molecular flexibility index (Phi) is 3.69. The van der Waals surface area contributed by atoms with E-state index in [1.165, 1.54) is 16.7 Å². The number of nitro benzene ring substituents is 1. The van der Waals surface area contributed by atoms with Crippen LogP contribution in [0.25, 0.3) is 0 Å². The Morgan fingerprint density at radius 3 is 2.56 bits per heavy atom. The highest BCUT2D eigenvalue weighted by Crippen LogP contribution is 2.54. The molecular weight excluding hydrogens is 360 g/mol. The second-order valence-corrected chi connectivity index (χ2v) is 7.68. The van der Waals surface area contributed by atoms with E-state index in [2.05, 4.69) is 41.7 Å². The first-order valence-corrected chi connectivity index (χ1v) is 9.38. The number of nitrogens with one attached hydrogen (secondary N) is 1. The van der Waals surface area contributed by atoms with Gasteiger partial charge in [0.25, 0.3) is 5.69 Å². The van der Waals surface area contributed by atoms with Crippen LogP contribution in [-0.4, -0.2) is 4.92 Å². The van der Waals surface area contributed by atoms with E-state index in [-0.39, 0.29) is 22.6 Å². The molecule has 4 nitrogen and oxygen atoms in total. The number of halogens is 1. The molecule has 0 unspecified atom stereocenters. The Balaban J connectivity index is 1.68. The van der Waals surface area contributed by atoms with Crippen LogP contribution in [0.1, 0.15) is 34.2 Å². The Morgan fingerprint density at radius 1 is 1.00 bits per heavy atom. The van der Waals surface area contributed by atoms with Crippen molar-refractivity contribution >= 4 is 23.0 Å². The van der Waals surface area contributed by atoms with Crippen LogP contribution < -0.4 is 5.32 Å². The van der Waals surface area contributed by atoms with Gasteiger partial charge in [-0.2, -0.15) is 0 Å². The summed E-state index contributed by atoms with van der Waals surface area (Å²) in [5, 5.41) is 15.7. The molecule has 1 heterocycles. The quantitative estimate of drug-likeness (QED) is 0.459. The number of non-ortho nitro benzene ring substituents is 1. The molecule has 5 rings (SSSR count). The molecule has 3 aromatic rings. The van der Waals surface area contributed by atoms with Gasteiger partial charge in [-0.05, 0) is 52.8 Å². The third kappa shape index (κ3) is 2.60. The number of nitrogens with zero attached hydrogens (tertiary/aromatic N) is 1. The van der Waals surface area contributed by atoms with Crippen molar-refractivity contribution in [1.82, 2.24) is 0 Å². The van der Waals surface area contributed by atoms with Crippen LogP contribution in [0.15, 0.2) is 66.7 Å². The maximum absolute atomic E-state index is 11.3. The number of nitro groups is 1. The molecule has 3 atom stereocenters. The van der Waals surface area contributed by atoms with Gasteiger partial charge in [-0.15, -0.1) is 0 Å². The smallest absolute Gasteiger partial charge is 0.269 e. The number of hydrogen-bond acceptors (Lipinski definition) is 3. The molecule has 0 spiro atoms. The van der Waals surface area contributed by atoms with Gasteiger partial charge in [0.2, 0.25) is 0 Å². The van der Waals surface area contributed by atoms with Crippen LogP contribution in [0.4, 0.5) is 11.4 Å². The molecule has 0 amide bonds. The molecule has 1 aliphatic carbocycles. The van der Waals surface area contributed by atoms with E-state index in [4.69, 9.17) is 11.6 Å². The highest BCUT2D eigenvalue weighted by atomic mass is 35.5. The lowest BCUT2D eigenvalue weighted by Gasteiger charge is -2.37. The van der Waals surface area contributed by atoms with Crippen molar-refractivity contribution in [3.8, 4) is 0 Å². The summed E-state index contributed by atoms with van der Waals surface area (Å²) in [6.07, 6.45) is 0.948. The first-order chi connectivity index (χ1) is 13.1. The zero-order valence-electron chi connectivity index (χ0n) is 14.4. The van der Waals surface area contributed by atoms with E-state index in [1.807, 2.05) is 18.2 Å². The minimum absolute atomic E-state index is 0.133. The number of hydrogen-bond donors (Lipinski definition) is 1. The fraction of sp³-hybridized carbons (Fsp3) is 0.182. The van der Waals surface area contributed by atoms with Crippen molar-refractivity contribution < 1.29 is 4.92 Å². The third-order valence-electron chi connectivity index (χ3n) is 5.82. The Bertz CT molecular complexity index is 1050. The van der Waals surface area contributed by atoms with E-state index in [0.717, 1.165) is 22.7 Å². The third-order valence-corrected chi connectivity index (χ3v) is 6.08. The lowest BCUT2D eigenvalue weighted by atomic mass is 9.75. The average molecular weight is 377 g/mol. The molecule has 1 N–H and O–H groups in total. The number of rotatable bonds is 2. The van der Waals surface area contributed by atoms with Crippen molar-refractivity contribution in [3.05, 3.63) is 104 Å². The fourth-order valence-corrected chi connectivity index (χ4v) is 4.79. The molecule has 0 fully saturated rings. The normalized spacial score (nSPS) is 22.3. The molecule has 0 bridgehead atoms. The van der Waals surface area contributed by atoms with E-state index in [9.17, 15) is 10.1 Å². The Labute approximate surface area is 161 Å². The van der Waals surface area contributed by atoms with Gasteiger partial charge in [0.05, 0.1) is 11.0 Å². The van der Waals surface area contributed by atoms with E-state index >= 15 is 0 Å². The zero-order chi connectivity index (χ0) is 18.5. The van der Waals surface area contributed by atoms with Crippen LogP contribution in [0.2, 0.25) is 5.02 Å². The molecule has 1 aliphatic heterocycles. The minimum atomic E-state index is -0.318. The lowest BCUT2D eigenvalue weighted by molar-refractivity contribution is -0.384. The van der Waals surface area contributed by atoms with Crippen LogP contribution >= 0.6 is 11.6 Å². The van der Waals surface area contributed by atoms with E-state index < -0.39 is 0 Å². The Hall–Kier alpha value is -2.85. The van der Waals surface area contributed by atoms with Gasteiger partial charge in [-0.25, -0.2) is 0 Å². The van der Waals surface area contributed by atoms with Crippen molar-refractivity contribution in [1.29, 1.82) is 0 Å². The summed E-state index contributed by atoms with van der Waals surface area (Å²) < 4.78 is 0. The monoisotopic (exact) mass is 376 g/mol. The van der Waals surface area contributed by atoms with Crippen molar-refractivity contribution in [2.75, 3.05) is 5.32 Å².